The Labute approximate surface area is 390 Å². The van der Waals surface area contributed by atoms with Crippen LogP contribution >= 0.6 is 48.9 Å². The normalized spacial score (nSPS) is 9.83. The van der Waals surface area contributed by atoms with Crippen LogP contribution in [-0.2, 0) is 19.2 Å². The fourth-order valence-electron chi connectivity index (χ4n) is 5.09. The molecule has 4 amide bonds. The molecule has 0 bridgehead atoms. The summed E-state index contributed by atoms with van der Waals surface area (Å²) < 4.78 is 0. The van der Waals surface area contributed by atoms with Crippen molar-refractivity contribution in [2.75, 3.05) is 26.2 Å². The molecule has 0 unspecified atom stereocenters. The summed E-state index contributed by atoms with van der Waals surface area (Å²) in [7, 11) is 0. The summed E-state index contributed by atoms with van der Waals surface area (Å²) in [5, 5.41) is 6.19. The molecule has 0 saturated heterocycles. The first kappa shape index (κ1) is 50.5. The summed E-state index contributed by atoms with van der Waals surface area (Å²) in [5.41, 5.74) is 14.0. The SMILES string of the molecule is CCN(NC(=O)CC(=O)NN(CC)C(=S)c1ccccc1)C(=S)c1ccccc1.CCN(NC(=O)CC(=O)NN(CC)C(=S)c1ccccc1)C(=S)c1ccccc1.[Na+]. The van der Waals surface area contributed by atoms with Gasteiger partial charge in [-0.15, -0.1) is 0 Å². The van der Waals surface area contributed by atoms with Crippen molar-refractivity contribution in [2.24, 2.45) is 0 Å². The average Bonchev–Trinajstić information content (AvgIpc) is 3.26. The van der Waals surface area contributed by atoms with Crippen LogP contribution < -0.4 is 51.3 Å². The van der Waals surface area contributed by atoms with E-state index in [1.54, 1.807) is 20.0 Å². The molecule has 4 rings (SSSR count). The molecular weight excluding hydrogens is 832 g/mol. The number of hydrogen-bond donors (Lipinski definition) is 4. The van der Waals surface area contributed by atoms with Gasteiger partial charge >= 0.3 is 29.6 Å². The minimum atomic E-state index is -0.454. The minimum Gasteiger partial charge on any atom is -0.274 e. The van der Waals surface area contributed by atoms with Gasteiger partial charge in [-0.05, 0) is 27.7 Å². The molecule has 0 spiro atoms. The Morgan fingerprint density at radius 3 is 0.695 bits per heavy atom. The third-order valence-corrected chi connectivity index (χ3v) is 9.83. The van der Waals surface area contributed by atoms with E-state index in [1.807, 2.05) is 149 Å². The van der Waals surface area contributed by atoms with Gasteiger partial charge in [0.05, 0.1) is 0 Å². The Hall–Kier alpha value is -4.68. The Kier molecular flexibility index (Phi) is 23.2. The molecule has 0 saturated carbocycles. The second kappa shape index (κ2) is 27.2. The largest absolute Gasteiger partial charge is 1.00 e. The molecule has 304 valence electrons. The van der Waals surface area contributed by atoms with Crippen molar-refractivity contribution < 1.29 is 48.7 Å². The first-order valence-electron chi connectivity index (χ1n) is 18.6. The van der Waals surface area contributed by atoms with Crippen molar-refractivity contribution in [3.63, 3.8) is 0 Å². The number of nitrogens with zero attached hydrogens (tertiary/aromatic N) is 4. The summed E-state index contributed by atoms with van der Waals surface area (Å²) in [5.74, 6) is -1.82. The van der Waals surface area contributed by atoms with Gasteiger partial charge in [0.1, 0.15) is 32.8 Å². The fraction of sp³-hybridized carbons (Fsp3) is 0.238. The van der Waals surface area contributed by atoms with Gasteiger partial charge < -0.3 is 0 Å². The van der Waals surface area contributed by atoms with E-state index in [-0.39, 0.29) is 42.4 Å². The number of benzene rings is 4. The van der Waals surface area contributed by atoms with Gasteiger partial charge in [-0.2, -0.15) is 0 Å². The molecule has 4 aromatic rings. The molecule has 0 heterocycles. The number of carbonyl (C=O) groups excluding carboxylic acids is 4. The van der Waals surface area contributed by atoms with E-state index in [0.29, 0.717) is 46.1 Å². The van der Waals surface area contributed by atoms with Gasteiger partial charge in [-0.25, -0.2) is 0 Å². The summed E-state index contributed by atoms with van der Waals surface area (Å²) in [4.78, 5) is 51.3. The molecule has 0 aliphatic rings. The van der Waals surface area contributed by atoms with Crippen LogP contribution in [-0.4, -0.2) is 89.8 Å². The molecule has 0 aliphatic carbocycles. The fourth-order valence-corrected chi connectivity index (χ4v) is 6.34. The summed E-state index contributed by atoms with van der Waals surface area (Å²) in [6.45, 7) is 9.36. The average molecular weight is 880 g/mol. The molecule has 0 aliphatic heterocycles. The van der Waals surface area contributed by atoms with Gasteiger partial charge in [0, 0.05) is 48.4 Å². The molecule has 0 radical (unpaired) electrons. The monoisotopic (exact) mass is 879 g/mol. The van der Waals surface area contributed by atoms with Gasteiger partial charge in [0.25, 0.3) is 0 Å². The van der Waals surface area contributed by atoms with Crippen molar-refractivity contribution in [1.29, 1.82) is 0 Å². The molecule has 17 heteroatoms. The number of rotatable bonds is 12. The third kappa shape index (κ3) is 16.8. The van der Waals surface area contributed by atoms with Crippen molar-refractivity contribution >= 4 is 92.5 Å². The number of thiocarbonyl (C=S) groups is 4. The molecule has 4 N–H and O–H groups in total. The molecule has 59 heavy (non-hydrogen) atoms. The standard InChI is InChI=1S/2C21H24N4O2S2.Na/c2*1-3-24(20(28)16-11-7-5-8-12-16)22-18(26)15-19(27)23-25(4-2)21(29)17-13-9-6-10-14-17;/h2*5-14H,3-4,15H2,1-2H3,(H,22,26)(H,23,27);/q;;+1. The molecular formula is C42H48N8NaO4S4+. The molecule has 0 atom stereocenters. The zero-order chi connectivity index (χ0) is 42.5. The van der Waals surface area contributed by atoms with E-state index in [0.717, 1.165) is 22.3 Å². The predicted molar refractivity (Wildman–Crippen MR) is 244 cm³/mol. The van der Waals surface area contributed by atoms with Gasteiger partial charge in [-0.1, -0.05) is 170 Å². The van der Waals surface area contributed by atoms with Crippen LogP contribution in [0.4, 0.5) is 0 Å². The minimum absolute atomic E-state index is 0. The van der Waals surface area contributed by atoms with E-state index < -0.39 is 23.6 Å². The zero-order valence-corrected chi connectivity index (χ0v) is 39.1. The van der Waals surface area contributed by atoms with Crippen molar-refractivity contribution in [3.8, 4) is 0 Å². The van der Waals surface area contributed by atoms with E-state index >= 15 is 0 Å². The Balaban J connectivity index is 0.000000400. The number of hydrogen-bond acceptors (Lipinski definition) is 8. The predicted octanol–water partition coefficient (Wildman–Crippen LogP) is 2.67. The van der Waals surface area contributed by atoms with E-state index in [2.05, 4.69) is 21.7 Å². The third-order valence-electron chi connectivity index (χ3n) is 8.01. The van der Waals surface area contributed by atoms with Crippen LogP contribution in [0.25, 0.3) is 0 Å². The first-order chi connectivity index (χ1) is 27.9. The topological polar surface area (TPSA) is 129 Å². The number of amides is 4. The molecule has 12 nitrogen and oxygen atoms in total. The Morgan fingerprint density at radius 1 is 0.373 bits per heavy atom. The zero-order valence-electron chi connectivity index (χ0n) is 33.8. The quantitative estimate of drug-likeness (QED) is 0.0724. The smallest absolute Gasteiger partial charge is 0.274 e. The van der Waals surface area contributed by atoms with Gasteiger partial charge in [0.2, 0.25) is 23.6 Å². The van der Waals surface area contributed by atoms with Gasteiger partial charge in [0.15, 0.2) is 0 Å². The van der Waals surface area contributed by atoms with Crippen LogP contribution in [0.5, 0.6) is 0 Å². The number of carbonyl (C=O) groups is 4. The maximum Gasteiger partial charge on any atom is 1.00 e. The molecule has 0 aromatic heterocycles. The van der Waals surface area contributed by atoms with Crippen molar-refractivity contribution in [1.82, 2.24) is 41.7 Å². The van der Waals surface area contributed by atoms with Crippen LogP contribution in [0.3, 0.4) is 0 Å². The Bertz CT molecular complexity index is 1730. The van der Waals surface area contributed by atoms with Crippen LogP contribution in [0.2, 0.25) is 0 Å². The summed E-state index contributed by atoms with van der Waals surface area (Å²) in [6.07, 6.45) is -0.691. The second-order valence-corrected chi connectivity index (χ2v) is 13.7. The van der Waals surface area contributed by atoms with Crippen molar-refractivity contribution in [3.05, 3.63) is 144 Å². The maximum atomic E-state index is 12.3. The van der Waals surface area contributed by atoms with E-state index in [1.165, 1.54) is 0 Å². The second-order valence-electron chi connectivity index (χ2n) is 12.2. The van der Waals surface area contributed by atoms with Crippen molar-refractivity contribution in [2.45, 2.75) is 40.5 Å². The first-order valence-corrected chi connectivity index (χ1v) is 20.2. The van der Waals surface area contributed by atoms with E-state index in [9.17, 15) is 19.2 Å². The molecule has 0 fully saturated rings. The van der Waals surface area contributed by atoms with Gasteiger partial charge in [-0.3, -0.25) is 60.9 Å². The Morgan fingerprint density at radius 2 is 0.542 bits per heavy atom. The number of nitrogens with one attached hydrogen (secondary N) is 4. The maximum absolute atomic E-state index is 12.3. The van der Waals surface area contributed by atoms with Crippen LogP contribution in [0, 0.1) is 0 Å². The van der Waals surface area contributed by atoms with Crippen LogP contribution in [0.1, 0.15) is 62.8 Å². The summed E-state index contributed by atoms with van der Waals surface area (Å²) >= 11 is 21.7. The van der Waals surface area contributed by atoms with E-state index in [4.69, 9.17) is 48.9 Å². The van der Waals surface area contributed by atoms with Crippen LogP contribution in [0.15, 0.2) is 121 Å². The molecule has 4 aromatic carbocycles. The number of hydrazine groups is 4. The summed E-state index contributed by atoms with van der Waals surface area (Å²) in [6, 6.07) is 37.5.